The number of fused-ring (bicyclic) bond motifs is 1. The van der Waals surface area contributed by atoms with E-state index in [4.69, 9.17) is 0 Å². The fraction of sp³-hybridized carbons (Fsp3) is 0.562. The van der Waals surface area contributed by atoms with Crippen LogP contribution < -0.4 is 5.32 Å². The number of aryl methyl sites for hydroxylation is 2. The molecule has 0 aliphatic carbocycles. The van der Waals surface area contributed by atoms with E-state index in [0.717, 1.165) is 47.8 Å². The number of thiazole rings is 1. The van der Waals surface area contributed by atoms with E-state index in [1.165, 1.54) is 0 Å². The number of rotatable bonds is 5. The normalized spacial score (nSPS) is 17.3. The highest BCUT2D eigenvalue weighted by atomic mass is 32.1. The van der Waals surface area contributed by atoms with E-state index in [0.29, 0.717) is 12.5 Å². The lowest BCUT2D eigenvalue weighted by Gasteiger charge is -2.26. The molecule has 2 aromatic rings. The second-order valence-corrected chi connectivity index (χ2v) is 7.33. The van der Waals surface area contributed by atoms with Crippen molar-refractivity contribution >= 4 is 17.2 Å². The molecule has 1 aliphatic rings. The quantitative estimate of drug-likeness (QED) is 0.905. The van der Waals surface area contributed by atoms with Gasteiger partial charge in [0.2, 0.25) is 0 Å². The van der Waals surface area contributed by atoms with Gasteiger partial charge in [0.25, 0.3) is 5.91 Å². The standard InChI is InChI=1S/C16H23N5OS/c1-11-15(23-10-18-11)8-17-16(22)13-7-19-21-5-4-12(6-14(13)21)9-20(2)3/h7,10,12H,4-6,8-9H2,1-3H3,(H,17,22)/t12-/m0/s1. The van der Waals surface area contributed by atoms with E-state index in [1.807, 2.05) is 17.1 Å². The van der Waals surface area contributed by atoms with Crippen molar-refractivity contribution in [2.45, 2.75) is 32.9 Å². The molecular formula is C16H23N5OS. The monoisotopic (exact) mass is 333 g/mol. The third-order valence-electron chi connectivity index (χ3n) is 4.30. The van der Waals surface area contributed by atoms with Crippen LogP contribution in [-0.4, -0.2) is 46.2 Å². The lowest BCUT2D eigenvalue weighted by atomic mass is 9.94. The summed E-state index contributed by atoms with van der Waals surface area (Å²) in [6.45, 7) is 4.44. The molecule has 1 amide bonds. The van der Waals surface area contributed by atoms with Gasteiger partial charge >= 0.3 is 0 Å². The first kappa shape index (κ1) is 16.1. The third kappa shape index (κ3) is 3.61. The molecule has 0 unspecified atom stereocenters. The van der Waals surface area contributed by atoms with Crippen LogP contribution in [0.5, 0.6) is 0 Å². The fourth-order valence-electron chi connectivity index (χ4n) is 3.11. The average molecular weight is 333 g/mol. The molecular weight excluding hydrogens is 310 g/mol. The van der Waals surface area contributed by atoms with Gasteiger partial charge in [-0.1, -0.05) is 0 Å². The lowest BCUT2D eigenvalue weighted by molar-refractivity contribution is 0.0949. The van der Waals surface area contributed by atoms with Gasteiger partial charge in [0, 0.05) is 18.0 Å². The average Bonchev–Trinajstić information content (AvgIpc) is 3.10. The molecule has 0 spiro atoms. The Labute approximate surface area is 140 Å². The van der Waals surface area contributed by atoms with Gasteiger partial charge in [-0.2, -0.15) is 5.10 Å². The Kier molecular flexibility index (Phi) is 4.77. The minimum absolute atomic E-state index is 0.0375. The van der Waals surface area contributed by atoms with Crippen molar-refractivity contribution in [2.75, 3.05) is 20.6 Å². The zero-order valence-corrected chi connectivity index (χ0v) is 14.7. The molecule has 3 rings (SSSR count). The Morgan fingerprint density at radius 2 is 2.35 bits per heavy atom. The predicted octanol–water partition coefficient (Wildman–Crippen LogP) is 1.70. The highest BCUT2D eigenvalue weighted by molar-refractivity contribution is 7.09. The maximum Gasteiger partial charge on any atom is 0.255 e. The Morgan fingerprint density at radius 3 is 3.04 bits per heavy atom. The van der Waals surface area contributed by atoms with Crippen molar-refractivity contribution in [1.82, 2.24) is 25.0 Å². The van der Waals surface area contributed by atoms with Crippen LogP contribution >= 0.6 is 11.3 Å². The van der Waals surface area contributed by atoms with Crippen molar-refractivity contribution in [1.29, 1.82) is 0 Å². The molecule has 1 aliphatic heterocycles. The summed E-state index contributed by atoms with van der Waals surface area (Å²) in [6.07, 6.45) is 3.75. The second-order valence-electron chi connectivity index (χ2n) is 6.39. The van der Waals surface area contributed by atoms with E-state index in [2.05, 4.69) is 34.4 Å². The van der Waals surface area contributed by atoms with Crippen LogP contribution in [0.1, 0.15) is 33.0 Å². The van der Waals surface area contributed by atoms with Crippen molar-refractivity contribution in [3.8, 4) is 0 Å². The number of hydrogen-bond acceptors (Lipinski definition) is 5. The van der Waals surface area contributed by atoms with Gasteiger partial charge in [0.15, 0.2) is 0 Å². The number of hydrogen-bond donors (Lipinski definition) is 1. The summed E-state index contributed by atoms with van der Waals surface area (Å²) in [5.74, 6) is 0.550. The molecule has 1 N–H and O–H groups in total. The number of carbonyl (C=O) groups excluding carboxylic acids is 1. The predicted molar refractivity (Wildman–Crippen MR) is 90.6 cm³/mol. The number of nitrogens with one attached hydrogen (secondary N) is 1. The van der Waals surface area contributed by atoms with E-state index < -0.39 is 0 Å². The molecule has 0 aromatic carbocycles. The van der Waals surface area contributed by atoms with Gasteiger partial charge in [-0.25, -0.2) is 4.98 Å². The topological polar surface area (TPSA) is 63.1 Å². The zero-order valence-electron chi connectivity index (χ0n) is 13.9. The van der Waals surface area contributed by atoms with Gasteiger partial charge in [0.1, 0.15) is 0 Å². The van der Waals surface area contributed by atoms with Crippen LogP contribution in [0.15, 0.2) is 11.7 Å². The minimum atomic E-state index is -0.0375. The molecule has 0 saturated heterocycles. The minimum Gasteiger partial charge on any atom is -0.347 e. The van der Waals surface area contributed by atoms with Crippen LogP contribution in [-0.2, 0) is 19.5 Å². The molecule has 1 atom stereocenters. The van der Waals surface area contributed by atoms with E-state index >= 15 is 0 Å². The maximum atomic E-state index is 12.5. The number of carbonyl (C=O) groups is 1. The highest BCUT2D eigenvalue weighted by Crippen LogP contribution is 2.23. The Bertz CT molecular complexity index is 690. The first-order valence-corrected chi connectivity index (χ1v) is 8.79. The summed E-state index contributed by atoms with van der Waals surface area (Å²) in [7, 11) is 4.19. The van der Waals surface area contributed by atoms with Gasteiger partial charge in [0.05, 0.1) is 35.2 Å². The summed E-state index contributed by atoms with van der Waals surface area (Å²) in [6, 6.07) is 0. The van der Waals surface area contributed by atoms with Crippen LogP contribution in [0.4, 0.5) is 0 Å². The largest absolute Gasteiger partial charge is 0.347 e. The highest BCUT2D eigenvalue weighted by Gasteiger charge is 2.25. The zero-order chi connectivity index (χ0) is 16.4. The Balaban J connectivity index is 1.68. The molecule has 2 aromatic heterocycles. The molecule has 0 saturated carbocycles. The van der Waals surface area contributed by atoms with Crippen LogP contribution in [0.2, 0.25) is 0 Å². The Morgan fingerprint density at radius 1 is 1.52 bits per heavy atom. The summed E-state index contributed by atoms with van der Waals surface area (Å²) in [5.41, 5.74) is 4.58. The van der Waals surface area contributed by atoms with Gasteiger partial charge in [-0.3, -0.25) is 9.48 Å². The number of nitrogens with zero attached hydrogens (tertiary/aromatic N) is 4. The number of amides is 1. The molecule has 23 heavy (non-hydrogen) atoms. The first-order chi connectivity index (χ1) is 11.0. The fourth-order valence-corrected chi connectivity index (χ4v) is 3.83. The molecule has 3 heterocycles. The molecule has 0 radical (unpaired) electrons. The van der Waals surface area contributed by atoms with Crippen molar-refractivity contribution in [3.63, 3.8) is 0 Å². The molecule has 124 valence electrons. The van der Waals surface area contributed by atoms with Gasteiger partial charge < -0.3 is 10.2 Å². The summed E-state index contributed by atoms with van der Waals surface area (Å²) >= 11 is 1.57. The maximum absolute atomic E-state index is 12.5. The summed E-state index contributed by atoms with van der Waals surface area (Å²) in [5, 5.41) is 7.39. The Hall–Kier alpha value is -1.73. The van der Waals surface area contributed by atoms with E-state index in [1.54, 1.807) is 17.5 Å². The molecule has 0 fully saturated rings. The SMILES string of the molecule is Cc1ncsc1CNC(=O)c1cnn2c1C[C@@H](CN(C)C)CC2. The van der Waals surface area contributed by atoms with Gasteiger partial charge in [-0.05, 0) is 39.8 Å². The second kappa shape index (κ2) is 6.80. The van der Waals surface area contributed by atoms with Crippen molar-refractivity contribution in [2.24, 2.45) is 5.92 Å². The van der Waals surface area contributed by atoms with Crippen LogP contribution in [0.25, 0.3) is 0 Å². The van der Waals surface area contributed by atoms with Crippen molar-refractivity contribution < 1.29 is 4.79 Å². The third-order valence-corrected chi connectivity index (χ3v) is 5.24. The van der Waals surface area contributed by atoms with Gasteiger partial charge in [-0.15, -0.1) is 11.3 Å². The lowest BCUT2D eigenvalue weighted by Crippen LogP contribution is -2.31. The first-order valence-electron chi connectivity index (χ1n) is 7.91. The number of aromatic nitrogens is 3. The van der Waals surface area contributed by atoms with Crippen LogP contribution in [0.3, 0.4) is 0 Å². The summed E-state index contributed by atoms with van der Waals surface area (Å²) in [4.78, 5) is 20.0. The molecule has 6 nitrogen and oxygen atoms in total. The van der Waals surface area contributed by atoms with Crippen LogP contribution in [0, 0.1) is 12.8 Å². The van der Waals surface area contributed by atoms with E-state index in [-0.39, 0.29) is 5.91 Å². The van der Waals surface area contributed by atoms with E-state index in [9.17, 15) is 4.79 Å². The molecule has 7 heteroatoms. The van der Waals surface area contributed by atoms with Crippen molar-refractivity contribution in [3.05, 3.63) is 33.5 Å². The smallest absolute Gasteiger partial charge is 0.255 e. The molecule has 0 bridgehead atoms. The summed E-state index contributed by atoms with van der Waals surface area (Å²) < 4.78 is 1.99.